The van der Waals surface area contributed by atoms with Crippen LogP contribution in [-0.4, -0.2) is 42.0 Å². The van der Waals surface area contributed by atoms with Gasteiger partial charge in [0.1, 0.15) is 5.92 Å². The molecule has 110 valence electrons. The first kappa shape index (κ1) is 13.5. The van der Waals surface area contributed by atoms with Crippen LogP contribution in [0.25, 0.3) is 0 Å². The van der Waals surface area contributed by atoms with Gasteiger partial charge in [0.25, 0.3) is 0 Å². The molecule has 2 heterocycles. The van der Waals surface area contributed by atoms with Crippen molar-refractivity contribution in [2.75, 3.05) is 13.2 Å². The first-order valence-electron chi connectivity index (χ1n) is 7.44. The molecule has 6 nitrogen and oxygen atoms in total. The van der Waals surface area contributed by atoms with Gasteiger partial charge in [0, 0.05) is 6.61 Å². The van der Waals surface area contributed by atoms with E-state index >= 15 is 0 Å². The van der Waals surface area contributed by atoms with Gasteiger partial charge in [-0.25, -0.2) is 4.79 Å². The summed E-state index contributed by atoms with van der Waals surface area (Å²) in [5.41, 5.74) is 0. The first-order valence-corrected chi connectivity index (χ1v) is 7.44. The molecular weight excluding hydrogens is 260 g/mol. The van der Waals surface area contributed by atoms with Crippen molar-refractivity contribution in [3.05, 3.63) is 0 Å². The van der Waals surface area contributed by atoms with Crippen molar-refractivity contribution in [2.45, 2.75) is 44.6 Å². The number of ether oxygens (including phenoxy) is 1. The van der Waals surface area contributed by atoms with E-state index in [-0.39, 0.29) is 17.9 Å². The molecule has 1 aliphatic carbocycles. The van der Waals surface area contributed by atoms with Crippen LogP contribution in [0.15, 0.2) is 0 Å². The lowest BCUT2D eigenvalue weighted by Gasteiger charge is -2.38. The lowest BCUT2D eigenvalue weighted by Crippen LogP contribution is -2.63. The standard InChI is InChI=1S/C14H20N2O4/c17-12-11(9-4-1-2-5-9)13(18)16(14(19)15-12)10-6-3-7-20-8-10/h9-11H,1-8H2,(H,15,17,19). The Balaban J connectivity index is 1.80. The number of hydrogen-bond acceptors (Lipinski definition) is 4. The highest BCUT2D eigenvalue weighted by molar-refractivity contribution is 6.16. The summed E-state index contributed by atoms with van der Waals surface area (Å²) in [6.07, 6.45) is 5.50. The van der Waals surface area contributed by atoms with Gasteiger partial charge in [-0.3, -0.25) is 19.8 Å². The first-order chi connectivity index (χ1) is 9.68. The Kier molecular flexibility index (Phi) is 3.74. The summed E-state index contributed by atoms with van der Waals surface area (Å²) in [5, 5.41) is 2.36. The van der Waals surface area contributed by atoms with Gasteiger partial charge in [0.05, 0.1) is 12.6 Å². The lowest BCUT2D eigenvalue weighted by molar-refractivity contribution is -0.148. The fourth-order valence-electron chi connectivity index (χ4n) is 3.59. The Hall–Kier alpha value is -1.43. The van der Waals surface area contributed by atoms with E-state index in [0.29, 0.717) is 13.2 Å². The summed E-state index contributed by atoms with van der Waals surface area (Å²) in [4.78, 5) is 37.9. The molecule has 3 aliphatic rings. The molecule has 0 radical (unpaired) electrons. The number of barbiturate groups is 1. The van der Waals surface area contributed by atoms with Crippen molar-refractivity contribution in [1.82, 2.24) is 10.2 Å². The Morgan fingerprint density at radius 2 is 1.80 bits per heavy atom. The molecule has 0 bridgehead atoms. The van der Waals surface area contributed by atoms with Crippen molar-refractivity contribution in [2.24, 2.45) is 11.8 Å². The molecule has 3 rings (SSSR count). The zero-order valence-electron chi connectivity index (χ0n) is 11.5. The number of hydrogen-bond donors (Lipinski definition) is 1. The monoisotopic (exact) mass is 280 g/mol. The third-order valence-electron chi connectivity index (χ3n) is 4.61. The van der Waals surface area contributed by atoms with Crippen LogP contribution in [0.4, 0.5) is 4.79 Å². The zero-order chi connectivity index (χ0) is 14.1. The zero-order valence-corrected chi connectivity index (χ0v) is 11.5. The average molecular weight is 280 g/mol. The van der Waals surface area contributed by atoms with Gasteiger partial charge in [-0.05, 0) is 31.6 Å². The number of rotatable bonds is 2. The molecule has 0 aromatic rings. The molecule has 4 amide bonds. The fraction of sp³-hybridized carbons (Fsp3) is 0.786. The predicted octanol–water partition coefficient (Wildman–Crippen LogP) is 1.05. The highest BCUT2D eigenvalue weighted by atomic mass is 16.5. The predicted molar refractivity (Wildman–Crippen MR) is 69.7 cm³/mol. The average Bonchev–Trinajstić information content (AvgIpc) is 2.93. The van der Waals surface area contributed by atoms with Crippen LogP contribution in [-0.2, 0) is 14.3 Å². The van der Waals surface area contributed by atoms with Gasteiger partial charge in [-0.1, -0.05) is 12.8 Å². The molecule has 0 spiro atoms. The van der Waals surface area contributed by atoms with Crippen molar-refractivity contribution < 1.29 is 19.1 Å². The molecule has 6 heteroatoms. The normalized spacial score (nSPS) is 32.6. The number of nitrogens with zero attached hydrogens (tertiary/aromatic N) is 1. The smallest absolute Gasteiger partial charge is 0.331 e. The summed E-state index contributed by atoms with van der Waals surface area (Å²) >= 11 is 0. The van der Waals surface area contributed by atoms with Gasteiger partial charge in [0.2, 0.25) is 11.8 Å². The fourth-order valence-corrected chi connectivity index (χ4v) is 3.59. The number of imide groups is 2. The topological polar surface area (TPSA) is 75.7 Å². The van der Waals surface area contributed by atoms with Crippen LogP contribution in [0, 0.1) is 11.8 Å². The molecule has 1 saturated carbocycles. The Morgan fingerprint density at radius 3 is 2.45 bits per heavy atom. The molecular formula is C14H20N2O4. The van der Waals surface area contributed by atoms with Gasteiger partial charge in [-0.15, -0.1) is 0 Å². The molecule has 3 fully saturated rings. The van der Waals surface area contributed by atoms with Crippen molar-refractivity contribution in [3.63, 3.8) is 0 Å². The van der Waals surface area contributed by atoms with Crippen LogP contribution in [0.5, 0.6) is 0 Å². The highest BCUT2D eigenvalue weighted by Crippen LogP contribution is 2.34. The maximum Gasteiger partial charge on any atom is 0.331 e. The number of nitrogens with one attached hydrogen (secondary N) is 1. The van der Waals surface area contributed by atoms with E-state index in [2.05, 4.69) is 5.32 Å². The molecule has 2 atom stereocenters. The van der Waals surface area contributed by atoms with Crippen LogP contribution >= 0.6 is 0 Å². The Morgan fingerprint density at radius 1 is 1.05 bits per heavy atom. The summed E-state index contributed by atoms with van der Waals surface area (Å²) in [7, 11) is 0. The Labute approximate surface area is 117 Å². The number of carbonyl (C=O) groups excluding carboxylic acids is 3. The maximum absolute atomic E-state index is 12.6. The van der Waals surface area contributed by atoms with Crippen molar-refractivity contribution >= 4 is 17.8 Å². The number of amides is 4. The van der Waals surface area contributed by atoms with Crippen LogP contribution in [0.2, 0.25) is 0 Å². The maximum atomic E-state index is 12.6. The van der Waals surface area contributed by atoms with Crippen LogP contribution < -0.4 is 5.32 Å². The second-order valence-corrected chi connectivity index (χ2v) is 5.90. The van der Waals surface area contributed by atoms with E-state index in [9.17, 15) is 14.4 Å². The van der Waals surface area contributed by atoms with Gasteiger partial charge in [0.15, 0.2) is 0 Å². The third-order valence-corrected chi connectivity index (χ3v) is 4.61. The van der Waals surface area contributed by atoms with Gasteiger partial charge < -0.3 is 4.74 Å². The summed E-state index contributed by atoms with van der Waals surface area (Å²) in [6.45, 7) is 1.05. The lowest BCUT2D eigenvalue weighted by atomic mass is 9.87. The number of carbonyl (C=O) groups is 3. The highest BCUT2D eigenvalue weighted by Gasteiger charge is 2.47. The molecule has 2 aliphatic heterocycles. The third kappa shape index (κ3) is 2.32. The molecule has 20 heavy (non-hydrogen) atoms. The Bertz CT molecular complexity index is 425. The summed E-state index contributed by atoms with van der Waals surface area (Å²) in [6, 6.07) is -0.807. The molecule has 0 aromatic heterocycles. The molecule has 0 aromatic carbocycles. The minimum absolute atomic E-state index is 0.0857. The van der Waals surface area contributed by atoms with Gasteiger partial charge in [-0.2, -0.15) is 0 Å². The second kappa shape index (κ2) is 5.52. The van der Waals surface area contributed by atoms with Crippen LogP contribution in [0.3, 0.4) is 0 Å². The van der Waals surface area contributed by atoms with Crippen molar-refractivity contribution in [1.29, 1.82) is 0 Å². The quantitative estimate of drug-likeness (QED) is 0.767. The largest absolute Gasteiger partial charge is 0.379 e. The van der Waals surface area contributed by atoms with E-state index in [4.69, 9.17) is 4.74 Å². The van der Waals surface area contributed by atoms with E-state index < -0.39 is 17.9 Å². The molecule has 2 saturated heterocycles. The SMILES string of the molecule is O=C1NC(=O)N(C2CCCOC2)C(=O)C1C1CCCC1. The summed E-state index contributed by atoms with van der Waals surface area (Å²) < 4.78 is 5.36. The van der Waals surface area contributed by atoms with E-state index in [1.54, 1.807) is 0 Å². The summed E-state index contributed by atoms with van der Waals surface area (Å²) in [5.74, 6) is -1.33. The number of urea groups is 1. The van der Waals surface area contributed by atoms with E-state index in [1.165, 1.54) is 4.90 Å². The van der Waals surface area contributed by atoms with Gasteiger partial charge >= 0.3 is 6.03 Å². The van der Waals surface area contributed by atoms with E-state index in [1.807, 2.05) is 0 Å². The van der Waals surface area contributed by atoms with Crippen molar-refractivity contribution in [3.8, 4) is 0 Å². The second-order valence-electron chi connectivity index (χ2n) is 5.90. The molecule has 2 unspecified atom stereocenters. The minimum Gasteiger partial charge on any atom is -0.379 e. The molecule has 1 N–H and O–H groups in total. The van der Waals surface area contributed by atoms with Crippen LogP contribution in [0.1, 0.15) is 38.5 Å². The minimum atomic E-state index is -0.683. The van der Waals surface area contributed by atoms with E-state index in [0.717, 1.165) is 38.5 Å².